The summed E-state index contributed by atoms with van der Waals surface area (Å²) in [5.74, 6) is -1.13. The SMILES string of the molecule is CCN(CC)S(=O)(=O)c1ccc(NC(=O)Cn2cnc3sc(C(N)=O)c(C)c3c2=O)cc1. The molecule has 0 saturated heterocycles. The minimum absolute atomic E-state index is 0.128. The van der Waals surface area contributed by atoms with Crippen molar-refractivity contribution < 1.29 is 18.0 Å². The fourth-order valence-corrected chi connectivity index (χ4v) is 5.73. The lowest BCUT2D eigenvalue weighted by atomic mass is 10.2. The van der Waals surface area contributed by atoms with Gasteiger partial charge in [0.25, 0.3) is 11.5 Å². The molecule has 12 heteroatoms. The molecule has 0 atom stereocenters. The number of fused-ring (bicyclic) bond motifs is 1. The number of benzene rings is 1. The average Bonchev–Trinajstić information content (AvgIpc) is 3.08. The van der Waals surface area contributed by atoms with E-state index in [2.05, 4.69) is 10.3 Å². The van der Waals surface area contributed by atoms with Crippen LogP contribution >= 0.6 is 11.3 Å². The maximum absolute atomic E-state index is 12.8. The third kappa shape index (κ3) is 4.42. The van der Waals surface area contributed by atoms with Crippen molar-refractivity contribution in [2.75, 3.05) is 18.4 Å². The summed E-state index contributed by atoms with van der Waals surface area (Å²) in [5.41, 5.74) is 5.71. The molecular weight excluding hydrogens is 454 g/mol. The summed E-state index contributed by atoms with van der Waals surface area (Å²) in [6.45, 7) is 5.54. The number of thiophene rings is 1. The lowest BCUT2D eigenvalue weighted by Gasteiger charge is -2.18. The number of hydrogen-bond donors (Lipinski definition) is 2. The lowest BCUT2D eigenvalue weighted by molar-refractivity contribution is -0.116. The second-order valence-corrected chi connectivity index (χ2v) is 9.88. The van der Waals surface area contributed by atoms with Gasteiger partial charge in [-0.2, -0.15) is 4.31 Å². The number of aryl methyl sites for hydroxylation is 1. The van der Waals surface area contributed by atoms with E-state index in [4.69, 9.17) is 5.73 Å². The highest BCUT2D eigenvalue weighted by molar-refractivity contribution is 7.89. The van der Waals surface area contributed by atoms with Gasteiger partial charge in [-0.1, -0.05) is 13.8 Å². The molecule has 0 bridgehead atoms. The van der Waals surface area contributed by atoms with Crippen molar-refractivity contribution in [3.63, 3.8) is 0 Å². The van der Waals surface area contributed by atoms with Crippen molar-refractivity contribution in [2.45, 2.75) is 32.2 Å². The molecule has 0 aliphatic carbocycles. The molecule has 32 heavy (non-hydrogen) atoms. The van der Waals surface area contributed by atoms with Gasteiger partial charge in [0.2, 0.25) is 15.9 Å². The molecule has 1 aromatic carbocycles. The molecule has 0 radical (unpaired) electrons. The number of anilines is 1. The Hall–Kier alpha value is -3.09. The molecule has 0 saturated carbocycles. The van der Waals surface area contributed by atoms with E-state index in [9.17, 15) is 22.8 Å². The molecule has 2 amide bonds. The van der Waals surface area contributed by atoms with Gasteiger partial charge in [0.1, 0.15) is 11.4 Å². The number of sulfonamides is 1. The number of carbonyl (C=O) groups is 2. The standard InChI is InChI=1S/C20H23N5O5S2/c1-4-25(5-2)32(29,30)14-8-6-13(7-9-14)23-15(26)10-24-11-22-19-16(20(24)28)12(3)17(31-19)18(21)27/h6-9,11H,4-5,10H2,1-3H3,(H2,21,27)(H,23,26). The van der Waals surface area contributed by atoms with Crippen LogP contribution in [0.25, 0.3) is 10.2 Å². The molecule has 0 unspecified atom stereocenters. The van der Waals surface area contributed by atoms with Crippen molar-refractivity contribution in [3.05, 3.63) is 51.4 Å². The second kappa shape index (κ2) is 9.18. The van der Waals surface area contributed by atoms with Gasteiger partial charge >= 0.3 is 0 Å². The van der Waals surface area contributed by atoms with E-state index in [1.807, 2.05) is 0 Å². The van der Waals surface area contributed by atoms with Gasteiger partial charge in [-0.3, -0.25) is 19.0 Å². The van der Waals surface area contributed by atoms with Crippen molar-refractivity contribution in [3.8, 4) is 0 Å². The fourth-order valence-electron chi connectivity index (χ4n) is 3.28. The number of amides is 2. The Morgan fingerprint density at radius 1 is 1.19 bits per heavy atom. The van der Waals surface area contributed by atoms with Gasteiger partial charge in [-0.15, -0.1) is 11.3 Å². The molecule has 0 aliphatic rings. The van der Waals surface area contributed by atoms with Crippen molar-refractivity contribution in [1.82, 2.24) is 13.9 Å². The lowest BCUT2D eigenvalue weighted by Crippen LogP contribution is -2.30. The molecule has 0 fully saturated rings. The summed E-state index contributed by atoms with van der Waals surface area (Å²) in [6, 6.07) is 5.81. The van der Waals surface area contributed by atoms with Crippen LogP contribution in [0.4, 0.5) is 5.69 Å². The Morgan fingerprint density at radius 2 is 1.81 bits per heavy atom. The van der Waals surface area contributed by atoms with Gasteiger partial charge in [0.05, 0.1) is 21.5 Å². The number of aromatic nitrogens is 2. The first-order valence-corrected chi connectivity index (χ1v) is 12.0. The molecule has 0 aliphatic heterocycles. The normalized spacial score (nSPS) is 11.8. The van der Waals surface area contributed by atoms with E-state index in [1.54, 1.807) is 20.8 Å². The van der Waals surface area contributed by atoms with Gasteiger partial charge in [0.15, 0.2) is 0 Å². The highest BCUT2D eigenvalue weighted by atomic mass is 32.2. The van der Waals surface area contributed by atoms with Crippen LogP contribution < -0.4 is 16.6 Å². The molecule has 3 rings (SSSR count). The van der Waals surface area contributed by atoms with Crippen molar-refractivity contribution in [1.29, 1.82) is 0 Å². The van der Waals surface area contributed by atoms with Crippen LogP contribution in [0.15, 0.2) is 40.3 Å². The van der Waals surface area contributed by atoms with Gasteiger partial charge < -0.3 is 11.1 Å². The van der Waals surface area contributed by atoms with Gasteiger partial charge in [-0.25, -0.2) is 13.4 Å². The molecular formula is C20H23N5O5S2. The predicted molar refractivity (Wildman–Crippen MR) is 122 cm³/mol. The van der Waals surface area contributed by atoms with E-state index in [0.29, 0.717) is 29.2 Å². The molecule has 2 aromatic heterocycles. The minimum Gasteiger partial charge on any atom is -0.365 e. The number of nitrogens with zero attached hydrogens (tertiary/aromatic N) is 3. The molecule has 170 valence electrons. The largest absolute Gasteiger partial charge is 0.365 e. The summed E-state index contributed by atoms with van der Waals surface area (Å²) in [6.07, 6.45) is 1.24. The Bertz CT molecular complexity index is 1340. The first-order chi connectivity index (χ1) is 15.1. The van der Waals surface area contributed by atoms with Gasteiger partial charge in [-0.05, 0) is 36.8 Å². The average molecular weight is 478 g/mol. The number of nitrogens with one attached hydrogen (secondary N) is 1. The summed E-state index contributed by atoms with van der Waals surface area (Å²) in [7, 11) is -3.59. The van der Waals surface area contributed by atoms with Crippen molar-refractivity contribution >= 4 is 49.1 Å². The quantitative estimate of drug-likeness (QED) is 0.503. The Kier molecular flexibility index (Phi) is 6.77. The van der Waals surface area contributed by atoms with Gasteiger partial charge in [0, 0.05) is 18.8 Å². The van der Waals surface area contributed by atoms with E-state index in [-0.39, 0.29) is 21.7 Å². The van der Waals surface area contributed by atoms with E-state index >= 15 is 0 Å². The van der Waals surface area contributed by atoms with Crippen LogP contribution in [0.2, 0.25) is 0 Å². The van der Waals surface area contributed by atoms with E-state index < -0.39 is 27.4 Å². The Labute approximate surface area is 188 Å². The third-order valence-electron chi connectivity index (χ3n) is 4.94. The third-order valence-corrected chi connectivity index (χ3v) is 8.21. The summed E-state index contributed by atoms with van der Waals surface area (Å²) in [4.78, 5) is 41.7. The molecule has 3 N–H and O–H groups in total. The highest BCUT2D eigenvalue weighted by Crippen LogP contribution is 2.26. The van der Waals surface area contributed by atoms with Crippen LogP contribution in [-0.4, -0.2) is 47.2 Å². The highest BCUT2D eigenvalue weighted by Gasteiger charge is 2.21. The topological polar surface area (TPSA) is 144 Å². The Morgan fingerprint density at radius 3 is 2.38 bits per heavy atom. The second-order valence-electron chi connectivity index (χ2n) is 6.94. The minimum atomic E-state index is -3.59. The number of rotatable bonds is 8. The maximum Gasteiger partial charge on any atom is 0.262 e. The fraction of sp³-hybridized carbons (Fsp3) is 0.300. The zero-order valence-electron chi connectivity index (χ0n) is 17.8. The van der Waals surface area contributed by atoms with Crippen LogP contribution in [-0.2, 0) is 21.4 Å². The monoisotopic (exact) mass is 477 g/mol. The molecule has 3 aromatic rings. The summed E-state index contributed by atoms with van der Waals surface area (Å²) < 4.78 is 27.6. The molecule has 10 nitrogen and oxygen atoms in total. The van der Waals surface area contributed by atoms with Crippen LogP contribution in [0, 0.1) is 6.92 Å². The maximum atomic E-state index is 12.8. The van der Waals surface area contributed by atoms with E-state index in [0.717, 1.165) is 15.9 Å². The summed E-state index contributed by atoms with van der Waals surface area (Å²) >= 11 is 1.03. The number of carbonyl (C=O) groups excluding carboxylic acids is 2. The van der Waals surface area contributed by atoms with Crippen molar-refractivity contribution in [2.24, 2.45) is 5.73 Å². The zero-order valence-corrected chi connectivity index (χ0v) is 19.4. The van der Waals surface area contributed by atoms with Crippen LogP contribution in [0.5, 0.6) is 0 Å². The van der Waals surface area contributed by atoms with E-state index in [1.165, 1.54) is 34.9 Å². The van der Waals surface area contributed by atoms with Crippen LogP contribution in [0.1, 0.15) is 29.1 Å². The molecule has 0 spiro atoms. The first-order valence-electron chi connectivity index (χ1n) is 9.78. The summed E-state index contributed by atoms with van der Waals surface area (Å²) in [5, 5.41) is 2.89. The zero-order chi connectivity index (χ0) is 23.6. The molecule has 2 heterocycles. The predicted octanol–water partition coefficient (Wildman–Crippen LogP) is 1.53. The first kappa shape index (κ1) is 23.6. The number of hydrogen-bond acceptors (Lipinski definition) is 7. The smallest absolute Gasteiger partial charge is 0.262 e. The number of nitrogens with two attached hydrogens (primary N) is 1. The number of primary amides is 1. The Balaban J connectivity index is 1.78. The van der Waals surface area contributed by atoms with Crippen LogP contribution in [0.3, 0.4) is 0 Å².